The maximum atomic E-state index is 4.54. The number of aromatic nitrogens is 1. The average Bonchev–Trinajstić information content (AvgIpc) is 2.75. The fourth-order valence-electron chi connectivity index (χ4n) is 2.50. The molecule has 3 nitrogen and oxygen atoms in total. The number of nitrogens with one attached hydrogen (secondary N) is 1. The summed E-state index contributed by atoms with van der Waals surface area (Å²) in [4.78, 5) is 7.00. The molecule has 1 N–H and O–H groups in total. The first-order valence-corrected chi connectivity index (χ1v) is 6.08. The highest BCUT2D eigenvalue weighted by Gasteiger charge is 2.36. The third-order valence-corrected chi connectivity index (χ3v) is 4.29. The Morgan fingerprint density at radius 1 is 1.43 bits per heavy atom. The highest BCUT2D eigenvalue weighted by Crippen LogP contribution is 2.31. The van der Waals surface area contributed by atoms with E-state index in [0.29, 0.717) is 0 Å². The van der Waals surface area contributed by atoms with Gasteiger partial charge in [-0.1, -0.05) is 0 Å². The van der Waals surface area contributed by atoms with Crippen LogP contribution in [0.15, 0.2) is 5.38 Å². The van der Waals surface area contributed by atoms with Crippen molar-refractivity contribution < 1.29 is 0 Å². The molecular weight excluding hydrogens is 194 g/mol. The first kappa shape index (κ1) is 8.68. The van der Waals surface area contributed by atoms with E-state index < -0.39 is 0 Å². The van der Waals surface area contributed by atoms with Crippen LogP contribution < -0.4 is 10.2 Å². The maximum absolute atomic E-state index is 4.54. The van der Waals surface area contributed by atoms with Gasteiger partial charge in [-0.15, -0.1) is 11.3 Å². The first-order valence-electron chi connectivity index (χ1n) is 5.21. The summed E-state index contributed by atoms with van der Waals surface area (Å²) in [6, 6.07) is 0. The van der Waals surface area contributed by atoms with Crippen LogP contribution in [0.3, 0.4) is 0 Å². The predicted octanol–water partition coefficient (Wildman–Crippen LogP) is 1.11. The van der Waals surface area contributed by atoms with Crippen LogP contribution in [-0.4, -0.2) is 31.2 Å². The molecule has 1 aromatic heterocycles. The van der Waals surface area contributed by atoms with E-state index in [-0.39, 0.29) is 0 Å². The van der Waals surface area contributed by atoms with Crippen molar-refractivity contribution in [3.05, 3.63) is 11.1 Å². The van der Waals surface area contributed by atoms with Gasteiger partial charge in [-0.3, -0.25) is 0 Å². The lowest BCUT2D eigenvalue weighted by Gasteiger charge is -2.15. The number of hydrogen-bond donors (Lipinski definition) is 1. The van der Waals surface area contributed by atoms with Gasteiger partial charge in [-0.2, -0.15) is 0 Å². The van der Waals surface area contributed by atoms with Crippen molar-refractivity contribution in [3.63, 3.8) is 0 Å². The van der Waals surface area contributed by atoms with Gasteiger partial charge in [-0.25, -0.2) is 4.98 Å². The number of aryl methyl sites for hydroxylation is 1. The van der Waals surface area contributed by atoms with E-state index in [1.54, 1.807) is 11.3 Å². The Bertz CT molecular complexity index is 324. The second kappa shape index (κ2) is 3.21. The third kappa shape index (κ3) is 1.33. The molecule has 0 amide bonds. The van der Waals surface area contributed by atoms with E-state index in [9.17, 15) is 0 Å². The van der Waals surface area contributed by atoms with Gasteiger partial charge >= 0.3 is 0 Å². The Morgan fingerprint density at radius 2 is 2.14 bits per heavy atom. The van der Waals surface area contributed by atoms with Crippen molar-refractivity contribution in [2.75, 3.05) is 31.1 Å². The van der Waals surface area contributed by atoms with E-state index in [2.05, 4.69) is 27.5 Å². The van der Waals surface area contributed by atoms with Crippen molar-refractivity contribution in [1.29, 1.82) is 0 Å². The zero-order chi connectivity index (χ0) is 9.54. The zero-order valence-corrected chi connectivity index (χ0v) is 9.18. The minimum absolute atomic E-state index is 0.860. The summed E-state index contributed by atoms with van der Waals surface area (Å²) in [6.45, 7) is 6.87. The summed E-state index contributed by atoms with van der Waals surface area (Å²) in [7, 11) is 0. The quantitative estimate of drug-likeness (QED) is 0.751. The van der Waals surface area contributed by atoms with Crippen molar-refractivity contribution in [1.82, 2.24) is 10.3 Å². The molecule has 3 rings (SSSR count). The molecule has 0 radical (unpaired) electrons. The van der Waals surface area contributed by atoms with Gasteiger partial charge in [0.05, 0.1) is 5.69 Å². The van der Waals surface area contributed by atoms with Crippen molar-refractivity contribution in [2.24, 2.45) is 11.8 Å². The molecule has 0 aromatic carbocycles. The molecule has 0 saturated carbocycles. The van der Waals surface area contributed by atoms with Gasteiger partial charge in [0, 0.05) is 31.6 Å². The molecule has 0 unspecified atom stereocenters. The lowest BCUT2D eigenvalue weighted by atomic mass is 10.0. The van der Waals surface area contributed by atoms with Gasteiger partial charge in [0.15, 0.2) is 5.13 Å². The molecular formula is C10H15N3S. The molecule has 2 atom stereocenters. The van der Waals surface area contributed by atoms with Crippen LogP contribution in [0.4, 0.5) is 5.13 Å². The third-order valence-electron chi connectivity index (χ3n) is 3.27. The lowest BCUT2D eigenvalue weighted by Crippen LogP contribution is -2.25. The normalized spacial score (nSPS) is 31.1. The summed E-state index contributed by atoms with van der Waals surface area (Å²) in [5.41, 5.74) is 1.15. The second-order valence-electron chi connectivity index (χ2n) is 4.35. The number of nitrogens with zero attached hydrogens (tertiary/aromatic N) is 2. The monoisotopic (exact) mass is 209 g/mol. The Hall–Kier alpha value is -0.610. The van der Waals surface area contributed by atoms with E-state index in [4.69, 9.17) is 0 Å². The Balaban J connectivity index is 1.76. The molecule has 0 aliphatic carbocycles. The fourth-order valence-corrected chi connectivity index (χ4v) is 3.32. The molecule has 1 aromatic rings. The average molecular weight is 209 g/mol. The Labute approximate surface area is 88.1 Å². The van der Waals surface area contributed by atoms with Crippen LogP contribution in [-0.2, 0) is 0 Å². The van der Waals surface area contributed by atoms with Crippen molar-refractivity contribution >= 4 is 16.5 Å². The zero-order valence-electron chi connectivity index (χ0n) is 8.36. The standard InChI is InChI=1S/C10H15N3S/c1-7-6-14-10(12-7)13-4-8-2-11-3-9(8)5-13/h6,8-9,11H,2-5H2,1H3/t8-,9+. The summed E-state index contributed by atoms with van der Waals surface area (Å²) >= 11 is 1.78. The Morgan fingerprint density at radius 3 is 2.71 bits per heavy atom. The summed E-state index contributed by atoms with van der Waals surface area (Å²) < 4.78 is 0. The second-order valence-corrected chi connectivity index (χ2v) is 5.19. The van der Waals surface area contributed by atoms with Crippen LogP contribution in [0.5, 0.6) is 0 Å². The number of thiazole rings is 1. The highest BCUT2D eigenvalue weighted by molar-refractivity contribution is 7.13. The molecule has 2 aliphatic heterocycles. The minimum atomic E-state index is 0.860. The van der Waals surface area contributed by atoms with E-state index in [0.717, 1.165) is 17.5 Å². The molecule has 4 heteroatoms. The molecule has 2 aliphatic rings. The fraction of sp³-hybridized carbons (Fsp3) is 0.700. The van der Waals surface area contributed by atoms with Crippen LogP contribution >= 0.6 is 11.3 Å². The largest absolute Gasteiger partial charge is 0.347 e. The van der Waals surface area contributed by atoms with E-state index in [1.165, 1.54) is 31.3 Å². The molecule has 2 saturated heterocycles. The summed E-state index contributed by atoms with van der Waals surface area (Å²) in [5.74, 6) is 1.72. The van der Waals surface area contributed by atoms with Gasteiger partial charge in [0.25, 0.3) is 0 Å². The van der Waals surface area contributed by atoms with E-state index in [1.807, 2.05) is 0 Å². The SMILES string of the molecule is Cc1csc(N2C[C@H]3CNC[C@H]3C2)n1. The summed E-state index contributed by atoms with van der Waals surface area (Å²) in [5, 5.41) is 6.82. The molecule has 0 bridgehead atoms. The molecule has 0 spiro atoms. The van der Waals surface area contributed by atoms with Crippen LogP contribution in [0.2, 0.25) is 0 Å². The van der Waals surface area contributed by atoms with Gasteiger partial charge < -0.3 is 10.2 Å². The summed E-state index contributed by atoms with van der Waals surface area (Å²) in [6.07, 6.45) is 0. The molecule has 3 heterocycles. The van der Waals surface area contributed by atoms with Crippen LogP contribution in [0.25, 0.3) is 0 Å². The number of rotatable bonds is 1. The van der Waals surface area contributed by atoms with Crippen molar-refractivity contribution in [3.8, 4) is 0 Å². The minimum Gasteiger partial charge on any atom is -0.347 e. The Kier molecular flexibility index (Phi) is 1.99. The predicted molar refractivity (Wildman–Crippen MR) is 58.9 cm³/mol. The first-order chi connectivity index (χ1) is 6.83. The number of hydrogen-bond acceptors (Lipinski definition) is 4. The van der Waals surface area contributed by atoms with Gasteiger partial charge in [0.1, 0.15) is 0 Å². The topological polar surface area (TPSA) is 28.2 Å². The number of fused-ring (bicyclic) bond motifs is 1. The highest BCUT2D eigenvalue weighted by atomic mass is 32.1. The maximum Gasteiger partial charge on any atom is 0.185 e. The van der Waals surface area contributed by atoms with Crippen molar-refractivity contribution in [2.45, 2.75) is 6.92 Å². The van der Waals surface area contributed by atoms with E-state index >= 15 is 0 Å². The lowest BCUT2D eigenvalue weighted by molar-refractivity contribution is 0.533. The smallest absolute Gasteiger partial charge is 0.185 e. The molecule has 76 valence electrons. The molecule has 14 heavy (non-hydrogen) atoms. The van der Waals surface area contributed by atoms with Gasteiger partial charge in [-0.05, 0) is 18.8 Å². The van der Waals surface area contributed by atoms with Gasteiger partial charge in [0.2, 0.25) is 0 Å². The number of anilines is 1. The van der Waals surface area contributed by atoms with Crippen LogP contribution in [0.1, 0.15) is 5.69 Å². The molecule has 2 fully saturated rings. The van der Waals surface area contributed by atoms with Crippen LogP contribution in [0, 0.1) is 18.8 Å².